The van der Waals surface area contributed by atoms with Crippen molar-refractivity contribution >= 4 is 0 Å². The average molecular weight is 234 g/mol. The van der Waals surface area contributed by atoms with Crippen molar-refractivity contribution in [3.8, 4) is 0 Å². The minimum Gasteiger partial charge on any atom is -0.0625 e. The van der Waals surface area contributed by atoms with Crippen molar-refractivity contribution in [2.24, 2.45) is 35.0 Å². The molecule has 0 aromatic carbocycles. The summed E-state index contributed by atoms with van der Waals surface area (Å²) in [6.45, 7) is 7.63. The molecule has 3 fully saturated rings. The summed E-state index contributed by atoms with van der Waals surface area (Å²) < 4.78 is 0. The second kappa shape index (κ2) is 4.28. The lowest BCUT2D eigenvalue weighted by molar-refractivity contribution is 0.0520. The van der Waals surface area contributed by atoms with Gasteiger partial charge in [0.05, 0.1) is 0 Å². The maximum atomic E-state index is 2.57. The van der Waals surface area contributed by atoms with Gasteiger partial charge in [0, 0.05) is 0 Å². The van der Waals surface area contributed by atoms with E-state index < -0.39 is 0 Å². The van der Waals surface area contributed by atoms with Crippen LogP contribution in [-0.4, -0.2) is 0 Å². The van der Waals surface area contributed by atoms with Crippen molar-refractivity contribution in [1.29, 1.82) is 0 Å². The van der Waals surface area contributed by atoms with Crippen molar-refractivity contribution in [2.45, 2.75) is 72.1 Å². The van der Waals surface area contributed by atoms with Gasteiger partial charge in [0.2, 0.25) is 0 Å². The van der Waals surface area contributed by atoms with Gasteiger partial charge in [-0.15, -0.1) is 0 Å². The van der Waals surface area contributed by atoms with Crippen LogP contribution in [0.25, 0.3) is 0 Å². The van der Waals surface area contributed by atoms with Crippen LogP contribution in [0.1, 0.15) is 72.1 Å². The molecule has 3 aliphatic rings. The first-order valence-electron chi connectivity index (χ1n) is 8.08. The van der Waals surface area contributed by atoms with Crippen molar-refractivity contribution in [3.05, 3.63) is 0 Å². The van der Waals surface area contributed by atoms with Crippen LogP contribution in [-0.2, 0) is 0 Å². The molecule has 0 N–H and O–H groups in total. The second-order valence-electron chi connectivity index (χ2n) is 8.09. The third kappa shape index (κ3) is 2.06. The summed E-state index contributed by atoms with van der Waals surface area (Å²) in [7, 11) is 0. The molecule has 0 amide bonds. The van der Waals surface area contributed by atoms with Crippen LogP contribution in [0.4, 0.5) is 0 Å². The van der Waals surface area contributed by atoms with Crippen molar-refractivity contribution in [1.82, 2.24) is 0 Å². The van der Waals surface area contributed by atoms with Gasteiger partial charge in [-0.25, -0.2) is 0 Å². The maximum absolute atomic E-state index is 2.57. The van der Waals surface area contributed by atoms with Crippen LogP contribution in [0.15, 0.2) is 0 Å². The largest absolute Gasteiger partial charge is 0.0625 e. The topological polar surface area (TPSA) is 0 Å². The van der Waals surface area contributed by atoms with Crippen LogP contribution in [0.2, 0.25) is 0 Å². The highest BCUT2D eigenvalue weighted by Gasteiger charge is 2.51. The van der Waals surface area contributed by atoms with Crippen LogP contribution in [0, 0.1) is 35.0 Å². The van der Waals surface area contributed by atoms with Gasteiger partial charge in [-0.2, -0.15) is 0 Å². The van der Waals surface area contributed by atoms with E-state index in [0.717, 1.165) is 29.6 Å². The summed E-state index contributed by atoms with van der Waals surface area (Å²) in [6.07, 6.45) is 12.3. The molecule has 0 nitrogen and oxygen atoms in total. The molecule has 0 spiro atoms. The summed E-state index contributed by atoms with van der Waals surface area (Å²) >= 11 is 0. The molecule has 0 aliphatic heterocycles. The van der Waals surface area contributed by atoms with E-state index in [9.17, 15) is 0 Å². The van der Waals surface area contributed by atoms with E-state index in [2.05, 4.69) is 20.8 Å². The fraction of sp³-hybridized carbons (Fsp3) is 1.00. The normalized spacial score (nSPS) is 49.2. The van der Waals surface area contributed by atoms with Gasteiger partial charge in [-0.1, -0.05) is 40.0 Å². The summed E-state index contributed by atoms with van der Waals surface area (Å²) in [5.41, 5.74) is 0.649. The fourth-order valence-electron chi connectivity index (χ4n) is 5.72. The van der Waals surface area contributed by atoms with E-state index >= 15 is 0 Å². The zero-order valence-corrected chi connectivity index (χ0v) is 12.0. The third-order valence-electron chi connectivity index (χ3n) is 6.50. The molecular weight excluding hydrogens is 204 g/mol. The number of fused-ring (bicyclic) bond motifs is 5. The quantitative estimate of drug-likeness (QED) is 0.535. The molecule has 0 heteroatoms. The molecule has 3 aliphatic carbocycles. The molecule has 0 heterocycles. The monoisotopic (exact) mass is 234 g/mol. The molecule has 98 valence electrons. The second-order valence-corrected chi connectivity index (χ2v) is 8.09. The van der Waals surface area contributed by atoms with E-state index in [0.29, 0.717) is 5.41 Å². The molecule has 3 saturated carbocycles. The van der Waals surface area contributed by atoms with Crippen LogP contribution in [0.5, 0.6) is 0 Å². The zero-order chi connectivity index (χ0) is 12.0. The standard InChI is InChI=1S/C17H30/c1-12-6-8-13-11-14(9-7-12)16-15(13)5-4-10-17(16,2)3/h12-16H,4-11H2,1-3H3. The Labute approximate surface area is 108 Å². The molecular formula is C17H30. The smallest absolute Gasteiger partial charge is 0.0303 e. The molecule has 0 aromatic heterocycles. The van der Waals surface area contributed by atoms with Gasteiger partial charge in [-0.05, 0) is 67.1 Å². The van der Waals surface area contributed by atoms with Gasteiger partial charge in [0.15, 0.2) is 0 Å². The van der Waals surface area contributed by atoms with Crippen LogP contribution < -0.4 is 0 Å². The lowest BCUT2D eigenvalue weighted by Gasteiger charge is -2.44. The van der Waals surface area contributed by atoms with Gasteiger partial charge >= 0.3 is 0 Å². The first-order chi connectivity index (χ1) is 8.08. The van der Waals surface area contributed by atoms with Crippen molar-refractivity contribution in [2.75, 3.05) is 0 Å². The Kier molecular flexibility index (Phi) is 3.04. The van der Waals surface area contributed by atoms with E-state index in [4.69, 9.17) is 0 Å². The first kappa shape index (κ1) is 12.1. The predicted octanol–water partition coefficient (Wildman–Crippen LogP) is 5.28. The van der Waals surface area contributed by atoms with Crippen molar-refractivity contribution in [3.63, 3.8) is 0 Å². The van der Waals surface area contributed by atoms with Gasteiger partial charge < -0.3 is 0 Å². The Morgan fingerprint density at radius 3 is 2.35 bits per heavy atom. The van der Waals surface area contributed by atoms with E-state index in [1.807, 2.05) is 0 Å². The Morgan fingerprint density at radius 2 is 1.59 bits per heavy atom. The minimum absolute atomic E-state index is 0.649. The third-order valence-corrected chi connectivity index (χ3v) is 6.50. The fourth-order valence-corrected chi connectivity index (χ4v) is 5.72. The maximum Gasteiger partial charge on any atom is -0.0303 e. The van der Waals surface area contributed by atoms with Gasteiger partial charge in [-0.3, -0.25) is 0 Å². The number of hydrogen-bond donors (Lipinski definition) is 0. The highest BCUT2D eigenvalue weighted by Crippen LogP contribution is 2.59. The lowest BCUT2D eigenvalue weighted by Crippen LogP contribution is -2.36. The van der Waals surface area contributed by atoms with E-state index in [1.54, 1.807) is 25.7 Å². The van der Waals surface area contributed by atoms with E-state index in [-0.39, 0.29) is 0 Å². The SMILES string of the molecule is CC1CCC2CC(CC1)C1C2CCCC1(C)C. The summed E-state index contributed by atoms with van der Waals surface area (Å²) in [4.78, 5) is 0. The van der Waals surface area contributed by atoms with Gasteiger partial charge in [0.25, 0.3) is 0 Å². The van der Waals surface area contributed by atoms with Crippen LogP contribution >= 0.6 is 0 Å². The predicted molar refractivity (Wildman–Crippen MR) is 73.8 cm³/mol. The Hall–Kier alpha value is 0. The average Bonchev–Trinajstić information content (AvgIpc) is 2.62. The molecule has 0 radical (unpaired) electrons. The van der Waals surface area contributed by atoms with E-state index in [1.165, 1.54) is 25.7 Å². The Balaban J connectivity index is 1.85. The molecule has 0 aromatic rings. The summed E-state index contributed by atoms with van der Waals surface area (Å²) in [6, 6.07) is 0. The molecule has 0 saturated heterocycles. The molecule has 5 unspecified atom stereocenters. The molecule has 2 bridgehead atoms. The number of rotatable bonds is 0. The summed E-state index contributed by atoms with van der Waals surface area (Å²) in [5.74, 6) is 5.37. The van der Waals surface area contributed by atoms with Crippen LogP contribution in [0.3, 0.4) is 0 Å². The summed E-state index contributed by atoms with van der Waals surface area (Å²) in [5, 5.41) is 0. The Morgan fingerprint density at radius 1 is 0.882 bits per heavy atom. The minimum atomic E-state index is 0.649. The highest BCUT2D eigenvalue weighted by atomic mass is 14.6. The first-order valence-corrected chi connectivity index (χ1v) is 8.08. The molecule has 5 atom stereocenters. The lowest BCUT2D eigenvalue weighted by atomic mass is 9.61. The Bertz CT molecular complexity index is 278. The van der Waals surface area contributed by atoms with Gasteiger partial charge in [0.1, 0.15) is 0 Å². The highest BCUT2D eigenvalue weighted by molar-refractivity contribution is 5.00. The van der Waals surface area contributed by atoms with Crippen molar-refractivity contribution < 1.29 is 0 Å². The molecule has 17 heavy (non-hydrogen) atoms. The number of hydrogen-bond acceptors (Lipinski definition) is 0. The molecule has 3 rings (SSSR count). The zero-order valence-electron chi connectivity index (χ0n) is 12.0.